The van der Waals surface area contributed by atoms with E-state index in [1.165, 1.54) is 0 Å². The van der Waals surface area contributed by atoms with Gasteiger partial charge in [0.25, 0.3) is 0 Å². The molecule has 0 amide bonds. The molecule has 0 spiro atoms. The molecule has 1 unspecified atom stereocenters. The van der Waals surface area contributed by atoms with Gasteiger partial charge in [0.05, 0.1) is 17.4 Å². The van der Waals surface area contributed by atoms with Gasteiger partial charge in [0, 0.05) is 5.02 Å². The predicted octanol–water partition coefficient (Wildman–Crippen LogP) is 2.89. The number of rotatable bonds is 4. The monoisotopic (exact) mass is 264 g/mol. The SMILES string of the molecule is CCc1c(C(N)CC)nnn1-c1cccc(Cl)c1. The lowest BCUT2D eigenvalue weighted by Crippen LogP contribution is -2.12. The van der Waals surface area contributed by atoms with Gasteiger partial charge in [-0.2, -0.15) is 0 Å². The van der Waals surface area contributed by atoms with Crippen molar-refractivity contribution in [2.45, 2.75) is 32.7 Å². The van der Waals surface area contributed by atoms with Gasteiger partial charge in [0.2, 0.25) is 0 Å². The van der Waals surface area contributed by atoms with Gasteiger partial charge in [-0.1, -0.05) is 36.7 Å². The van der Waals surface area contributed by atoms with Crippen molar-refractivity contribution < 1.29 is 0 Å². The highest BCUT2D eigenvalue weighted by Gasteiger charge is 2.17. The lowest BCUT2D eigenvalue weighted by atomic mass is 10.1. The summed E-state index contributed by atoms with van der Waals surface area (Å²) in [7, 11) is 0. The largest absolute Gasteiger partial charge is 0.323 e. The maximum atomic E-state index is 6.05. The van der Waals surface area contributed by atoms with Gasteiger partial charge in [0.15, 0.2) is 0 Å². The van der Waals surface area contributed by atoms with Crippen LogP contribution in [0.15, 0.2) is 24.3 Å². The minimum Gasteiger partial charge on any atom is -0.323 e. The van der Waals surface area contributed by atoms with Crippen molar-refractivity contribution in [1.82, 2.24) is 15.0 Å². The second kappa shape index (κ2) is 5.50. The van der Waals surface area contributed by atoms with Gasteiger partial charge in [0.1, 0.15) is 5.69 Å². The number of aromatic nitrogens is 3. The van der Waals surface area contributed by atoms with E-state index in [9.17, 15) is 0 Å². The Morgan fingerprint density at radius 1 is 1.39 bits per heavy atom. The van der Waals surface area contributed by atoms with Gasteiger partial charge in [-0.3, -0.25) is 0 Å². The van der Waals surface area contributed by atoms with Gasteiger partial charge >= 0.3 is 0 Å². The molecule has 5 heteroatoms. The van der Waals surface area contributed by atoms with E-state index in [0.29, 0.717) is 5.02 Å². The summed E-state index contributed by atoms with van der Waals surface area (Å²) < 4.78 is 1.82. The first-order valence-corrected chi connectivity index (χ1v) is 6.51. The molecular formula is C13H17ClN4. The number of benzene rings is 1. The molecule has 2 N–H and O–H groups in total. The smallest absolute Gasteiger partial charge is 0.103 e. The zero-order chi connectivity index (χ0) is 13.1. The molecule has 0 fully saturated rings. The summed E-state index contributed by atoms with van der Waals surface area (Å²) in [4.78, 5) is 0. The quantitative estimate of drug-likeness (QED) is 0.924. The second-order valence-electron chi connectivity index (χ2n) is 4.18. The molecule has 96 valence electrons. The molecule has 2 rings (SSSR count). The fourth-order valence-corrected chi connectivity index (χ4v) is 2.13. The molecule has 0 aliphatic heterocycles. The molecule has 4 nitrogen and oxygen atoms in total. The average molecular weight is 265 g/mol. The fourth-order valence-electron chi connectivity index (χ4n) is 1.94. The maximum absolute atomic E-state index is 6.05. The summed E-state index contributed by atoms with van der Waals surface area (Å²) in [5.41, 5.74) is 8.89. The van der Waals surface area contributed by atoms with Crippen molar-refractivity contribution in [3.8, 4) is 5.69 Å². The molecule has 0 radical (unpaired) electrons. The summed E-state index contributed by atoms with van der Waals surface area (Å²) in [6, 6.07) is 7.51. The molecule has 1 atom stereocenters. The van der Waals surface area contributed by atoms with Gasteiger partial charge in [-0.15, -0.1) is 5.10 Å². The first-order chi connectivity index (χ1) is 8.67. The van der Waals surface area contributed by atoms with E-state index in [4.69, 9.17) is 17.3 Å². The molecule has 1 aromatic carbocycles. The van der Waals surface area contributed by atoms with Crippen LogP contribution in [-0.2, 0) is 6.42 Å². The molecule has 0 aliphatic carbocycles. The van der Waals surface area contributed by atoms with E-state index in [1.807, 2.05) is 35.9 Å². The number of hydrogen-bond acceptors (Lipinski definition) is 3. The van der Waals surface area contributed by atoms with E-state index in [2.05, 4.69) is 17.2 Å². The first kappa shape index (κ1) is 13.1. The van der Waals surface area contributed by atoms with Crippen molar-refractivity contribution in [2.24, 2.45) is 5.73 Å². The van der Waals surface area contributed by atoms with Gasteiger partial charge in [-0.25, -0.2) is 4.68 Å². The molecule has 2 aromatic rings. The van der Waals surface area contributed by atoms with Crippen LogP contribution in [0.25, 0.3) is 5.69 Å². The third-order valence-corrected chi connectivity index (χ3v) is 3.21. The summed E-state index contributed by atoms with van der Waals surface area (Å²) in [6.45, 7) is 4.12. The number of hydrogen-bond donors (Lipinski definition) is 1. The van der Waals surface area contributed by atoms with E-state index in [1.54, 1.807) is 0 Å². The van der Waals surface area contributed by atoms with E-state index < -0.39 is 0 Å². The molecule has 0 bridgehead atoms. The summed E-state index contributed by atoms with van der Waals surface area (Å²) >= 11 is 6.00. The Labute approximate surface area is 112 Å². The van der Waals surface area contributed by atoms with Crippen LogP contribution < -0.4 is 5.73 Å². The molecule has 0 saturated heterocycles. The zero-order valence-corrected chi connectivity index (χ0v) is 11.4. The van der Waals surface area contributed by atoms with Crippen LogP contribution in [0.3, 0.4) is 0 Å². The third-order valence-electron chi connectivity index (χ3n) is 2.97. The minimum atomic E-state index is -0.0621. The van der Waals surface area contributed by atoms with Crippen LogP contribution in [0.1, 0.15) is 37.7 Å². The highest BCUT2D eigenvalue weighted by Crippen LogP contribution is 2.21. The normalized spacial score (nSPS) is 12.7. The maximum Gasteiger partial charge on any atom is 0.103 e. The molecule has 18 heavy (non-hydrogen) atoms. The van der Waals surface area contributed by atoms with Crippen LogP contribution in [0.2, 0.25) is 5.02 Å². The Kier molecular flexibility index (Phi) is 3.99. The predicted molar refractivity (Wildman–Crippen MR) is 73.0 cm³/mol. The van der Waals surface area contributed by atoms with Crippen molar-refractivity contribution in [3.05, 3.63) is 40.7 Å². The van der Waals surface area contributed by atoms with Crippen molar-refractivity contribution in [2.75, 3.05) is 0 Å². The lowest BCUT2D eigenvalue weighted by Gasteiger charge is -2.09. The van der Waals surface area contributed by atoms with E-state index in [0.717, 1.165) is 29.9 Å². The summed E-state index contributed by atoms with van der Waals surface area (Å²) in [5, 5.41) is 9.09. The van der Waals surface area contributed by atoms with Gasteiger partial charge < -0.3 is 5.73 Å². The Balaban J connectivity index is 2.49. The number of halogens is 1. The first-order valence-electron chi connectivity index (χ1n) is 6.13. The number of nitrogens with two attached hydrogens (primary N) is 1. The highest BCUT2D eigenvalue weighted by atomic mass is 35.5. The topological polar surface area (TPSA) is 56.7 Å². The number of nitrogens with zero attached hydrogens (tertiary/aromatic N) is 3. The fraction of sp³-hybridized carbons (Fsp3) is 0.385. The molecule has 1 aromatic heterocycles. The highest BCUT2D eigenvalue weighted by molar-refractivity contribution is 6.30. The Morgan fingerprint density at radius 2 is 2.17 bits per heavy atom. The zero-order valence-electron chi connectivity index (χ0n) is 10.6. The van der Waals surface area contributed by atoms with Crippen molar-refractivity contribution >= 4 is 11.6 Å². The standard InChI is InChI=1S/C13H17ClN4/c1-3-11(15)13-12(4-2)18(17-16-13)10-7-5-6-9(14)8-10/h5-8,11H,3-4,15H2,1-2H3. The lowest BCUT2D eigenvalue weighted by molar-refractivity contribution is 0.665. The van der Waals surface area contributed by atoms with Crippen LogP contribution in [0, 0.1) is 0 Å². The van der Waals surface area contributed by atoms with Crippen molar-refractivity contribution in [3.63, 3.8) is 0 Å². The summed E-state index contributed by atoms with van der Waals surface area (Å²) in [5.74, 6) is 0. The van der Waals surface area contributed by atoms with Gasteiger partial charge in [-0.05, 0) is 31.0 Å². The Hall–Kier alpha value is -1.39. The molecular weight excluding hydrogens is 248 g/mol. The Bertz CT molecular complexity index is 536. The van der Waals surface area contributed by atoms with E-state index in [-0.39, 0.29) is 6.04 Å². The second-order valence-corrected chi connectivity index (χ2v) is 4.62. The van der Waals surface area contributed by atoms with Crippen LogP contribution >= 0.6 is 11.6 Å². The van der Waals surface area contributed by atoms with Crippen LogP contribution in [-0.4, -0.2) is 15.0 Å². The molecule has 0 aliphatic rings. The van der Waals surface area contributed by atoms with E-state index >= 15 is 0 Å². The molecule has 1 heterocycles. The average Bonchev–Trinajstić information content (AvgIpc) is 2.81. The molecule has 0 saturated carbocycles. The van der Waals surface area contributed by atoms with Crippen LogP contribution in [0.5, 0.6) is 0 Å². The third kappa shape index (κ3) is 2.40. The Morgan fingerprint density at radius 3 is 2.78 bits per heavy atom. The summed E-state index contributed by atoms with van der Waals surface area (Å²) in [6.07, 6.45) is 1.68. The van der Waals surface area contributed by atoms with Crippen LogP contribution in [0.4, 0.5) is 0 Å². The van der Waals surface area contributed by atoms with Crippen molar-refractivity contribution in [1.29, 1.82) is 0 Å². The minimum absolute atomic E-state index is 0.0621.